The highest BCUT2D eigenvalue weighted by Crippen LogP contribution is 2.47. The lowest BCUT2D eigenvalue weighted by Gasteiger charge is -2.32. The van der Waals surface area contributed by atoms with Gasteiger partial charge in [0.2, 0.25) is 0 Å². The van der Waals surface area contributed by atoms with E-state index in [1.54, 1.807) is 0 Å². The quantitative estimate of drug-likeness (QED) is 0.0167. The van der Waals surface area contributed by atoms with Crippen LogP contribution in [0.5, 0.6) is 5.75 Å². The van der Waals surface area contributed by atoms with Crippen LogP contribution in [-0.4, -0.2) is 153 Å². The maximum atomic E-state index is 14.3. The number of carboxylic acid groups (broad SMARTS) is 1. The molecular formula is C51H70Cl2N6O15S3. The maximum absolute atomic E-state index is 14.3. The largest absolute Gasteiger partial charge is 0.478 e. The molecule has 21 nitrogen and oxygen atoms in total. The van der Waals surface area contributed by atoms with E-state index in [1.807, 2.05) is 0 Å². The van der Waals surface area contributed by atoms with Crippen LogP contribution in [0.15, 0.2) is 73.7 Å². The first-order chi connectivity index (χ1) is 36.0. The van der Waals surface area contributed by atoms with Crippen LogP contribution in [0.25, 0.3) is 33.4 Å². The molecule has 1 amide bonds. The summed E-state index contributed by atoms with van der Waals surface area (Å²) in [5, 5.41) is 16.7. The number of benzene rings is 4. The fourth-order valence-electron chi connectivity index (χ4n) is 8.42. The number of likely N-dealkylation sites (tertiary alicyclic amines) is 1. The number of esters is 1. The third kappa shape index (κ3) is 16.9. The second kappa shape index (κ2) is 29.1. The van der Waals surface area contributed by atoms with Gasteiger partial charge in [-0.3, -0.25) is 28.7 Å². The number of carbonyl (C=O) groups excluding carboxylic acids is 2. The number of halogens is 2. The summed E-state index contributed by atoms with van der Waals surface area (Å²) in [5.74, 6) is -5.26. The molecule has 3 aromatic carbocycles. The third-order valence-corrected chi connectivity index (χ3v) is 16.2. The summed E-state index contributed by atoms with van der Waals surface area (Å²) in [6, 6.07) is 9.55. The van der Waals surface area contributed by atoms with Crippen molar-refractivity contribution in [2.75, 3.05) is 77.7 Å². The number of anilines is 1. The van der Waals surface area contributed by atoms with Gasteiger partial charge in [0.15, 0.2) is 26.9 Å². The molecule has 0 radical (unpaired) electrons. The summed E-state index contributed by atoms with van der Waals surface area (Å²) in [7, 11) is -15.2. The van der Waals surface area contributed by atoms with Crippen molar-refractivity contribution >= 4 is 88.1 Å². The van der Waals surface area contributed by atoms with Gasteiger partial charge in [-0.25, -0.2) is 4.79 Å². The van der Waals surface area contributed by atoms with Crippen molar-refractivity contribution in [2.24, 2.45) is 5.92 Å². The summed E-state index contributed by atoms with van der Waals surface area (Å²) in [5.41, 5.74) is 2.71. The van der Waals surface area contributed by atoms with Crippen molar-refractivity contribution in [3.63, 3.8) is 0 Å². The Morgan fingerprint density at radius 1 is 0.675 bits per heavy atom. The molecule has 0 spiro atoms. The SMILES string of the molecule is CCN(CC)CC.CCN(CC)CC.CCN(CC)CC.N=c1ccc2c(-c3c(C(=O)O)cccc3C(=O)N3CCC(C(=O)Oc4c(Cl)cc(S(=O)(=O)O)cc4Cl)CC3)c3ccc(N)c(S(=O)(=O)O)c3oc-2c1S(=O)(=O)O. The summed E-state index contributed by atoms with van der Waals surface area (Å²) in [4.78, 5) is 45.8. The van der Waals surface area contributed by atoms with Gasteiger partial charge in [-0.2, -0.15) is 25.3 Å². The number of rotatable bonds is 17. The maximum Gasteiger partial charge on any atom is 0.336 e. The van der Waals surface area contributed by atoms with Gasteiger partial charge in [0.1, 0.15) is 0 Å². The van der Waals surface area contributed by atoms with E-state index in [-0.39, 0.29) is 69.4 Å². The Labute approximate surface area is 461 Å². The fourth-order valence-corrected chi connectivity index (χ4v) is 11.1. The molecule has 0 atom stereocenters. The minimum atomic E-state index is -5.30. The van der Waals surface area contributed by atoms with Crippen molar-refractivity contribution in [3.05, 3.63) is 81.1 Å². The fraction of sp³-hybridized carbons (Fsp3) is 0.451. The highest BCUT2D eigenvalue weighted by molar-refractivity contribution is 7.86. The van der Waals surface area contributed by atoms with Crippen LogP contribution >= 0.6 is 23.2 Å². The number of nitrogen functional groups attached to an aromatic ring is 1. The average molecular weight is 1170 g/mol. The van der Waals surface area contributed by atoms with E-state index in [9.17, 15) is 58.4 Å². The predicted octanol–water partition coefficient (Wildman–Crippen LogP) is 8.51. The number of nitrogens with two attached hydrogens (primary N) is 1. The van der Waals surface area contributed by atoms with E-state index >= 15 is 0 Å². The predicted molar refractivity (Wildman–Crippen MR) is 296 cm³/mol. The number of carboxylic acids is 1. The van der Waals surface area contributed by atoms with Crippen LogP contribution in [0.2, 0.25) is 10.0 Å². The molecule has 2 aliphatic heterocycles. The lowest BCUT2D eigenvalue weighted by Crippen LogP contribution is -2.41. The summed E-state index contributed by atoms with van der Waals surface area (Å²) >= 11 is 12.1. The Morgan fingerprint density at radius 2 is 1.13 bits per heavy atom. The van der Waals surface area contributed by atoms with Crippen molar-refractivity contribution in [1.82, 2.24) is 19.6 Å². The molecular weight excluding hydrogens is 1100 g/mol. The van der Waals surface area contributed by atoms with Gasteiger partial charge in [-0.1, -0.05) is 91.6 Å². The molecule has 0 unspecified atom stereocenters. The van der Waals surface area contributed by atoms with E-state index in [4.69, 9.17) is 43.5 Å². The molecule has 3 aliphatic rings. The number of nitrogens with zero attached hydrogens (tertiary/aromatic N) is 4. The third-order valence-electron chi connectivity index (χ3n) is 12.9. The van der Waals surface area contributed by atoms with Crippen molar-refractivity contribution < 1.29 is 67.6 Å². The minimum Gasteiger partial charge on any atom is -0.478 e. The van der Waals surface area contributed by atoms with Crippen LogP contribution in [0.4, 0.5) is 5.69 Å². The van der Waals surface area contributed by atoms with E-state index in [2.05, 4.69) is 77.0 Å². The number of hydrogen-bond donors (Lipinski definition) is 6. The Kier molecular flexibility index (Phi) is 25.0. The lowest BCUT2D eigenvalue weighted by molar-refractivity contribution is -0.140. The zero-order chi connectivity index (χ0) is 58.3. The molecule has 0 bridgehead atoms. The van der Waals surface area contributed by atoms with Gasteiger partial charge in [-0.15, -0.1) is 0 Å². The molecule has 77 heavy (non-hydrogen) atoms. The summed E-state index contributed by atoms with van der Waals surface area (Å²) in [6.45, 7) is 30.2. The van der Waals surface area contributed by atoms with Gasteiger partial charge in [-0.05, 0) is 120 Å². The van der Waals surface area contributed by atoms with E-state index in [0.717, 1.165) is 36.4 Å². The van der Waals surface area contributed by atoms with Crippen LogP contribution in [0.3, 0.4) is 0 Å². The summed E-state index contributed by atoms with van der Waals surface area (Å²) in [6.07, 6.45) is -0.0120. The normalized spacial score (nSPS) is 13.2. The number of amides is 1. The molecule has 0 saturated carbocycles. The highest BCUT2D eigenvalue weighted by atomic mass is 35.5. The average Bonchev–Trinajstić information content (AvgIpc) is 3.37. The number of carbonyl (C=O) groups is 3. The molecule has 2 heterocycles. The van der Waals surface area contributed by atoms with Crippen molar-refractivity contribution in [3.8, 4) is 28.2 Å². The minimum absolute atomic E-state index is 0.00601. The second-order valence-electron chi connectivity index (χ2n) is 17.2. The zero-order valence-electron chi connectivity index (χ0n) is 44.6. The van der Waals surface area contributed by atoms with Crippen LogP contribution < -0.4 is 15.8 Å². The number of nitrogens with one attached hydrogen (secondary N) is 1. The smallest absolute Gasteiger partial charge is 0.336 e. The lowest BCUT2D eigenvalue weighted by atomic mass is 9.86. The molecule has 6 rings (SSSR count). The number of aromatic carboxylic acids is 1. The van der Waals surface area contributed by atoms with Crippen molar-refractivity contribution in [2.45, 2.75) is 89.8 Å². The summed E-state index contributed by atoms with van der Waals surface area (Å²) < 4.78 is 114. The number of hydrogen-bond acceptors (Lipinski definition) is 16. The van der Waals surface area contributed by atoms with Gasteiger partial charge >= 0.3 is 11.9 Å². The Bertz CT molecular complexity index is 3180. The number of piperidine rings is 1. The van der Waals surface area contributed by atoms with E-state index in [1.165, 1.54) is 82.0 Å². The zero-order valence-corrected chi connectivity index (χ0v) is 48.6. The highest BCUT2D eigenvalue weighted by Gasteiger charge is 2.36. The molecule has 1 fully saturated rings. The monoisotopic (exact) mass is 1170 g/mol. The number of ether oxygens (including phenoxy) is 1. The Hall–Kier alpha value is -5.25. The second-order valence-corrected chi connectivity index (χ2v) is 22.1. The molecule has 7 N–H and O–H groups in total. The first-order valence-corrected chi connectivity index (χ1v) is 29.9. The molecule has 26 heteroatoms. The van der Waals surface area contributed by atoms with Gasteiger partial charge in [0.05, 0.1) is 37.5 Å². The van der Waals surface area contributed by atoms with Crippen molar-refractivity contribution in [1.29, 1.82) is 5.41 Å². The van der Waals surface area contributed by atoms with E-state index < -0.39 is 96.8 Å². The topological polar surface area (TPSA) is 320 Å². The molecule has 1 aliphatic carbocycles. The van der Waals surface area contributed by atoms with Crippen LogP contribution in [-0.2, 0) is 35.1 Å². The van der Waals surface area contributed by atoms with Crippen LogP contribution in [0.1, 0.15) is 95.9 Å². The first kappa shape index (κ1) is 66.0. The van der Waals surface area contributed by atoms with Crippen LogP contribution in [0, 0.1) is 11.3 Å². The Morgan fingerprint density at radius 3 is 1.53 bits per heavy atom. The van der Waals surface area contributed by atoms with Gasteiger partial charge in [0.25, 0.3) is 36.3 Å². The first-order valence-electron chi connectivity index (χ1n) is 24.9. The van der Waals surface area contributed by atoms with E-state index in [0.29, 0.717) is 0 Å². The molecule has 3 aromatic rings. The molecule has 1 saturated heterocycles. The number of fused-ring (bicyclic) bond motifs is 2. The standard InChI is InChI=1S/C33H25Cl2N3O15S3.3C6H15N/c34-20-12-15(54(43,44)45)13-21(35)28(20)53-33(42)14-8-10-38(11-9-14)31(39)18-2-1-3-19(32(40)41)25(18)24-16-4-6-22(36)29(55(46,47)48)26(16)52-27-17(24)5-7-23(37)30(27)56(49,50)51;3*1-4-7(5-2)6-3/h1-7,12-14,36H,8-11,37H2,(H,40,41)(H,43,44,45)(H,46,47,48)(H,49,50,51);3*4-6H2,1-3H3. The van der Waals surface area contributed by atoms with Gasteiger partial charge in [0, 0.05) is 40.7 Å². The molecule has 426 valence electrons. The Balaban J connectivity index is 0.000000624. The van der Waals surface area contributed by atoms with Gasteiger partial charge < -0.3 is 39.6 Å². The molecule has 0 aromatic heterocycles.